The smallest absolute Gasteiger partial charge is 0.303 e. The highest BCUT2D eigenvalue weighted by Gasteiger charge is 2.44. The van der Waals surface area contributed by atoms with Gasteiger partial charge in [0.15, 0.2) is 0 Å². The summed E-state index contributed by atoms with van der Waals surface area (Å²) in [5.41, 5.74) is 3.65. The fraction of sp³-hybridized carbons (Fsp3) is 0.292. The van der Waals surface area contributed by atoms with Crippen LogP contribution in [-0.2, 0) is 9.59 Å². The lowest BCUT2D eigenvalue weighted by molar-refractivity contribution is -0.141. The van der Waals surface area contributed by atoms with Crippen molar-refractivity contribution in [1.29, 1.82) is 0 Å². The summed E-state index contributed by atoms with van der Waals surface area (Å²) < 4.78 is 0. The molecule has 2 aromatic carbocycles. The van der Waals surface area contributed by atoms with E-state index in [9.17, 15) is 9.59 Å². The van der Waals surface area contributed by atoms with E-state index in [1.807, 2.05) is 48.5 Å². The van der Waals surface area contributed by atoms with Crippen molar-refractivity contribution in [3.63, 3.8) is 0 Å². The Morgan fingerprint density at radius 1 is 1.06 bits per heavy atom. The number of aliphatic carboxylic acids is 1. The summed E-state index contributed by atoms with van der Waals surface area (Å²) in [5, 5.41) is 16.4. The number of hydrogen-bond donors (Lipinski definition) is 1. The SMILES string of the molecule is O=C(O)CCC(=O)N1N=C2C(=Cc3ccccc3Cl)CCCC2C1c1ccccc1Cl. The van der Waals surface area contributed by atoms with Gasteiger partial charge in [-0.2, -0.15) is 5.10 Å². The van der Waals surface area contributed by atoms with E-state index in [0.29, 0.717) is 10.0 Å². The summed E-state index contributed by atoms with van der Waals surface area (Å²) >= 11 is 12.9. The van der Waals surface area contributed by atoms with Crippen molar-refractivity contribution in [2.24, 2.45) is 11.0 Å². The van der Waals surface area contributed by atoms with Gasteiger partial charge in [-0.25, -0.2) is 5.01 Å². The fourth-order valence-corrected chi connectivity index (χ4v) is 4.78. The molecule has 0 radical (unpaired) electrons. The van der Waals surface area contributed by atoms with Crippen molar-refractivity contribution in [2.45, 2.75) is 38.1 Å². The van der Waals surface area contributed by atoms with E-state index in [1.165, 1.54) is 5.01 Å². The zero-order valence-corrected chi connectivity index (χ0v) is 18.3. The van der Waals surface area contributed by atoms with Crippen molar-refractivity contribution in [3.8, 4) is 0 Å². The molecule has 2 aromatic rings. The number of allylic oxidation sites excluding steroid dienone is 1. The third-order valence-electron chi connectivity index (χ3n) is 5.77. The number of benzene rings is 2. The van der Waals surface area contributed by atoms with Crippen LogP contribution in [0.25, 0.3) is 6.08 Å². The molecule has 0 aromatic heterocycles. The van der Waals surface area contributed by atoms with Gasteiger partial charge in [-0.15, -0.1) is 0 Å². The third kappa shape index (κ3) is 4.53. The molecule has 1 aliphatic heterocycles. The lowest BCUT2D eigenvalue weighted by Gasteiger charge is -2.30. The van der Waals surface area contributed by atoms with Crippen LogP contribution < -0.4 is 0 Å². The zero-order valence-electron chi connectivity index (χ0n) is 16.8. The molecular formula is C24H22Cl2N2O3. The first-order valence-corrected chi connectivity index (χ1v) is 11.0. The maximum atomic E-state index is 13.0. The molecular weight excluding hydrogens is 435 g/mol. The average molecular weight is 457 g/mol. The minimum atomic E-state index is -1.01. The topological polar surface area (TPSA) is 70.0 Å². The summed E-state index contributed by atoms with van der Waals surface area (Å²) in [4.78, 5) is 24.0. The number of halogens is 2. The molecule has 0 bridgehead atoms. The van der Waals surface area contributed by atoms with E-state index in [0.717, 1.165) is 41.7 Å². The lowest BCUT2D eigenvalue weighted by atomic mass is 9.77. The van der Waals surface area contributed by atoms with Crippen LogP contribution in [0.2, 0.25) is 10.0 Å². The van der Waals surface area contributed by atoms with Crippen LogP contribution >= 0.6 is 23.2 Å². The van der Waals surface area contributed by atoms with E-state index in [1.54, 1.807) is 6.07 Å². The van der Waals surface area contributed by atoms with Gasteiger partial charge < -0.3 is 5.11 Å². The standard InChI is InChI=1S/C24H22Cl2N2O3/c25-19-10-3-1-6-15(19)14-16-7-5-9-18-23(16)27-28(21(29)12-13-22(30)31)24(18)17-8-2-4-11-20(17)26/h1-4,6,8,10-11,14,18,24H,5,7,9,12-13H2,(H,30,31). The summed E-state index contributed by atoms with van der Waals surface area (Å²) in [6.07, 6.45) is 4.37. The van der Waals surface area contributed by atoms with Gasteiger partial charge in [0, 0.05) is 22.4 Å². The van der Waals surface area contributed by atoms with Gasteiger partial charge in [0.2, 0.25) is 5.91 Å². The minimum Gasteiger partial charge on any atom is -0.481 e. The zero-order chi connectivity index (χ0) is 22.0. The van der Waals surface area contributed by atoms with Crippen molar-refractivity contribution in [1.82, 2.24) is 5.01 Å². The highest BCUT2D eigenvalue weighted by atomic mass is 35.5. The number of hydrazone groups is 1. The number of carbonyl (C=O) groups is 2. The van der Waals surface area contributed by atoms with Crippen LogP contribution in [0.4, 0.5) is 0 Å². The molecule has 31 heavy (non-hydrogen) atoms. The Balaban J connectivity index is 1.75. The van der Waals surface area contributed by atoms with E-state index in [2.05, 4.69) is 0 Å². The number of carbonyl (C=O) groups excluding carboxylic acids is 1. The third-order valence-corrected chi connectivity index (χ3v) is 6.46. The molecule has 1 fully saturated rings. The van der Waals surface area contributed by atoms with Gasteiger partial charge >= 0.3 is 5.97 Å². The normalized spacial score (nSPS) is 21.7. The summed E-state index contributed by atoms with van der Waals surface area (Å²) in [6, 6.07) is 14.7. The van der Waals surface area contributed by atoms with Crippen LogP contribution in [-0.4, -0.2) is 27.7 Å². The molecule has 2 atom stereocenters. The number of fused-ring (bicyclic) bond motifs is 1. The van der Waals surface area contributed by atoms with Crippen LogP contribution in [0.15, 0.2) is 59.2 Å². The Morgan fingerprint density at radius 3 is 2.48 bits per heavy atom. The Hall–Kier alpha value is -2.63. The predicted molar refractivity (Wildman–Crippen MR) is 122 cm³/mol. The first-order chi connectivity index (χ1) is 15.0. The molecule has 2 unspecified atom stereocenters. The maximum absolute atomic E-state index is 13.0. The van der Waals surface area contributed by atoms with Crippen LogP contribution in [0.1, 0.15) is 49.3 Å². The summed E-state index contributed by atoms with van der Waals surface area (Å²) in [7, 11) is 0. The molecule has 5 nitrogen and oxygen atoms in total. The van der Waals surface area contributed by atoms with E-state index in [4.69, 9.17) is 33.4 Å². The molecule has 1 aliphatic carbocycles. The van der Waals surface area contributed by atoms with Crippen molar-refractivity contribution in [3.05, 3.63) is 75.3 Å². The molecule has 1 N–H and O–H groups in total. The highest BCUT2D eigenvalue weighted by molar-refractivity contribution is 6.32. The second kappa shape index (κ2) is 9.25. The van der Waals surface area contributed by atoms with Gasteiger partial charge in [0.1, 0.15) is 0 Å². The van der Waals surface area contributed by atoms with E-state index in [-0.39, 0.29) is 30.7 Å². The monoisotopic (exact) mass is 456 g/mol. The Kier molecular flexibility index (Phi) is 6.44. The molecule has 160 valence electrons. The first-order valence-electron chi connectivity index (χ1n) is 10.3. The number of hydrogen-bond acceptors (Lipinski definition) is 3. The largest absolute Gasteiger partial charge is 0.481 e. The van der Waals surface area contributed by atoms with Gasteiger partial charge in [-0.1, -0.05) is 59.6 Å². The highest BCUT2D eigenvalue weighted by Crippen LogP contribution is 2.46. The van der Waals surface area contributed by atoms with E-state index < -0.39 is 5.97 Å². The molecule has 2 aliphatic rings. The molecule has 0 saturated heterocycles. The quantitative estimate of drug-likeness (QED) is 0.601. The van der Waals surface area contributed by atoms with Gasteiger partial charge in [-0.05, 0) is 54.2 Å². The molecule has 4 rings (SSSR count). The van der Waals surface area contributed by atoms with Crippen LogP contribution in [0, 0.1) is 5.92 Å². The van der Waals surface area contributed by atoms with Gasteiger partial charge in [0.05, 0.1) is 18.2 Å². The van der Waals surface area contributed by atoms with Crippen molar-refractivity contribution in [2.75, 3.05) is 0 Å². The summed E-state index contributed by atoms with van der Waals surface area (Å²) in [6.45, 7) is 0. The van der Waals surface area contributed by atoms with E-state index >= 15 is 0 Å². The second-order valence-corrected chi connectivity index (χ2v) is 8.59. The number of rotatable bonds is 5. The molecule has 1 amide bonds. The number of amides is 1. The average Bonchev–Trinajstić information content (AvgIpc) is 3.14. The molecule has 7 heteroatoms. The Bertz CT molecular complexity index is 1080. The maximum Gasteiger partial charge on any atom is 0.303 e. The Morgan fingerprint density at radius 2 is 1.77 bits per heavy atom. The fourth-order valence-electron chi connectivity index (χ4n) is 4.34. The molecule has 1 heterocycles. The molecule has 1 saturated carbocycles. The Labute approximate surface area is 191 Å². The predicted octanol–water partition coefficient (Wildman–Crippen LogP) is 5.98. The first kappa shape index (κ1) is 21.6. The van der Waals surface area contributed by atoms with Crippen LogP contribution in [0.3, 0.4) is 0 Å². The number of nitrogens with zero attached hydrogens (tertiary/aromatic N) is 2. The second-order valence-electron chi connectivity index (χ2n) is 7.77. The van der Waals surface area contributed by atoms with Gasteiger partial charge in [0.25, 0.3) is 0 Å². The van der Waals surface area contributed by atoms with Gasteiger partial charge in [-0.3, -0.25) is 9.59 Å². The lowest BCUT2D eigenvalue weighted by Crippen LogP contribution is -2.32. The number of carboxylic acids is 1. The van der Waals surface area contributed by atoms with Crippen molar-refractivity contribution < 1.29 is 14.7 Å². The number of carboxylic acid groups (broad SMARTS) is 1. The molecule has 0 spiro atoms. The summed E-state index contributed by atoms with van der Waals surface area (Å²) in [5.74, 6) is -1.33. The van der Waals surface area contributed by atoms with Crippen LogP contribution in [0.5, 0.6) is 0 Å². The minimum absolute atomic E-state index is 0.00355. The van der Waals surface area contributed by atoms with Crippen molar-refractivity contribution >= 4 is 46.9 Å².